The zero-order valence-electron chi connectivity index (χ0n) is 16.0. The van der Waals surface area contributed by atoms with Gasteiger partial charge in [0.2, 0.25) is 0 Å². The molecule has 1 aromatic carbocycles. The minimum absolute atomic E-state index is 0.763. The Balaban J connectivity index is 1.49. The molecule has 1 aromatic heterocycles. The highest BCUT2D eigenvalue weighted by molar-refractivity contribution is 7.09. The molecule has 0 atom stereocenters. The molecule has 1 fully saturated rings. The van der Waals surface area contributed by atoms with E-state index in [1.54, 1.807) is 11.3 Å². The van der Waals surface area contributed by atoms with E-state index in [-0.39, 0.29) is 0 Å². The first kappa shape index (κ1) is 18.9. The molecule has 1 N–H and O–H groups in total. The van der Waals surface area contributed by atoms with Crippen molar-refractivity contribution in [3.05, 3.63) is 51.5 Å². The van der Waals surface area contributed by atoms with Gasteiger partial charge in [0.1, 0.15) is 0 Å². The molecule has 1 aliphatic rings. The smallest absolute Gasteiger partial charge is 0.194 e. The van der Waals surface area contributed by atoms with Crippen molar-refractivity contribution in [2.24, 2.45) is 4.99 Å². The highest BCUT2D eigenvalue weighted by atomic mass is 32.1. The van der Waals surface area contributed by atoms with Gasteiger partial charge in [-0.25, -0.2) is 4.98 Å². The largest absolute Gasteiger partial charge is 0.352 e. The molecule has 0 amide bonds. The molecule has 140 valence electrons. The van der Waals surface area contributed by atoms with Crippen LogP contribution in [0.5, 0.6) is 0 Å². The van der Waals surface area contributed by atoms with Crippen molar-refractivity contribution in [2.45, 2.75) is 39.4 Å². The predicted octanol–water partition coefficient (Wildman–Crippen LogP) is 3.25. The second kappa shape index (κ2) is 9.14. The van der Waals surface area contributed by atoms with Crippen LogP contribution in [0.2, 0.25) is 0 Å². The Morgan fingerprint density at radius 1 is 1.23 bits per heavy atom. The van der Waals surface area contributed by atoms with E-state index in [0.29, 0.717) is 0 Å². The number of guanidine groups is 1. The normalized spacial score (nSPS) is 15.4. The molecule has 26 heavy (non-hydrogen) atoms. The molecule has 1 aliphatic heterocycles. The lowest BCUT2D eigenvalue weighted by Gasteiger charge is -2.21. The zero-order valence-corrected chi connectivity index (χ0v) is 16.9. The summed E-state index contributed by atoms with van der Waals surface area (Å²) in [4.78, 5) is 13.6. The summed E-state index contributed by atoms with van der Waals surface area (Å²) in [5, 5.41) is 6.66. The van der Waals surface area contributed by atoms with Crippen molar-refractivity contribution in [3.8, 4) is 0 Å². The fraction of sp³-hybridized carbons (Fsp3) is 0.500. The van der Waals surface area contributed by atoms with Crippen molar-refractivity contribution < 1.29 is 0 Å². The summed E-state index contributed by atoms with van der Waals surface area (Å²) < 4.78 is 0. The lowest BCUT2D eigenvalue weighted by molar-refractivity contribution is 0.331. The lowest BCUT2D eigenvalue weighted by atomic mass is 10.1. The summed E-state index contributed by atoms with van der Waals surface area (Å²) in [5.41, 5.74) is 3.76. The Bertz CT molecular complexity index is 716. The van der Waals surface area contributed by atoms with Crippen LogP contribution in [0, 0.1) is 6.92 Å². The second-order valence-corrected chi connectivity index (χ2v) is 7.98. The van der Waals surface area contributed by atoms with E-state index in [4.69, 9.17) is 0 Å². The first-order valence-electron chi connectivity index (χ1n) is 9.27. The summed E-state index contributed by atoms with van der Waals surface area (Å²) >= 11 is 1.69. The lowest BCUT2D eigenvalue weighted by Crippen LogP contribution is -2.38. The molecule has 3 rings (SSSR count). The van der Waals surface area contributed by atoms with Crippen LogP contribution in [-0.4, -0.2) is 47.9 Å². The molecule has 0 unspecified atom stereocenters. The van der Waals surface area contributed by atoms with E-state index in [1.165, 1.54) is 37.1 Å². The van der Waals surface area contributed by atoms with Gasteiger partial charge in [-0.15, -0.1) is 11.3 Å². The van der Waals surface area contributed by atoms with Crippen LogP contribution in [0.3, 0.4) is 0 Å². The molecule has 2 heterocycles. The number of rotatable bonds is 6. The fourth-order valence-corrected chi connectivity index (χ4v) is 3.93. The van der Waals surface area contributed by atoms with Gasteiger partial charge in [0.25, 0.3) is 0 Å². The average Bonchev–Trinajstić information content (AvgIpc) is 3.29. The summed E-state index contributed by atoms with van der Waals surface area (Å²) in [5.74, 6) is 0.886. The van der Waals surface area contributed by atoms with Gasteiger partial charge in [0.05, 0.1) is 17.2 Å². The van der Waals surface area contributed by atoms with Gasteiger partial charge in [-0.2, -0.15) is 0 Å². The minimum Gasteiger partial charge on any atom is -0.352 e. The third kappa shape index (κ3) is 5.29. The Kier molecular flexibility index (Phi) is 6.63. The van der Waals surface area contributed by atoms with Crippen molar-refractivity contribution in [2.75, 3.05) is 27.2 Å². The Hall–Kier alpha value is -1.92. The molecule has 0 saturated carbocycles. The highest BCUT2D eigenvalue weighted by Crippen LogP contribution is 2.13. The average molecular weight is 372 g/mol. The van der Waals surface area contributed by atoms with Gasteiger partial charge >= 0.3 is 0 Å². The van der Waals surface area contributed by atoms with E-state index in [0.717, 1.165) is 36.3 Å². The molecule has 0 aliphatic carbocycles. The topological polar surface area (TPSA) is 43.8 Å². The van der Waals surface area contributed by atoms with Crippen LogP contribution in [0.1, 0.15) is 34.7 Å². The Labute approximate surface area is 160 Å². The van der Waals surface area contributed by atoms with Gasteiger partial charge in [0.15, 0.2) is 5.96 Å². The van der Waals surface area contributed by atoms with Gasteiger partial charge in [-0.05, 0) is 44.0 Å². The van der Waals surface area contributed by atoms with Gasteiger partial charge in [-0.1, -0.05) is 24.3 Å². The van der Waals surface area contributed by atoms with Crippen LogP contribution >= 0.6 is 11.3 Å². The molecule has 6 heteroatoms. The van der Waals surface area contributed by atoms with E-state index < -0.39 is 0 Å². The number of likely N-dealkylation sites (tertiary alicyclic amines) is 1. The molecule has 2 aromatic rings. The standard InChI is InChI=1S/C20H29N5S/c1-16-23-19(15-26-16)14-24(3)20(21-2)22-12-17-6-8-18(9-7-17)13-25-10-4-5-11-25/h6-9,15H,4-5,10-14H2,1-3H3,(H,21,22). The molecule has 0 radical (unpaired) electrons. The fourth-order valence-electron chi connectivity index (χ4n) is 3.33. The summed E-state index contributed by atoms with van der Waals surface area (Å²) in [6, 6.07) is 8.94. The van der Waals surface area contributed by atoms with Crippen molar-refractivity contribution in [1.29, 1.82) is 0 Å². The number of aliphatic imine (C=N–C) groups is 1. The van der Waals surface area contributed by atoms with Crippen molar-refractivity contribution in [1.82, 2.24) is 20.1 Å². The number of hydrogen-bond acceptors (Lipinski definition) is 4. The van der Waals surface area contributed by atoms with Crippen LogP contribution in [0.25, 0.3) is 0 Å². The van der Waals surface area contributed by atoms with Crippen LogP contribution in [0.4, 0.5) is 0 Å². The first-order valence-corrected chi connectivity index (χ1v) is 10.1. The molecular formula is C20H29N5S. The van der Waals surface area contributed by atoms with Crippen LogP contribution in [0.15, 0.2) is 34.6 Å². The molecule has 0 bridgehead atoms. The highest BCUT2D eigenvalue weighted by Gasteiger charge is 2.12. The number of aromatic nitrogens is 1. The van der Waals surface area contributed by atoms with Crippen LogP contribution in [-0.2, 0) is 19.6 Å². The maximum Gasteiger partial charge on any atom is 0.194 e. The maximum absolute atomic E-state index is 4.53. The van der Waals surface area contributed by atoms with Crippen LogP contribution < -0.4 is 5.32 Å². The summed E-state index contributed by atoms with van der Waals surface area (Å²) in [6.07, 6.45) is 2.68. The maximum atomic E-state index is 4.53. The number of nitrogens with zero attached hydrogens (tertiary/aromatic N) is 4. The minimum atomic E-state index is 0.763. The first-order chi connectivity index (χ1) is 12.6. The van der Waals surface area contributed by atoms with E-state index in [1.807, 2.05) is 21.0 Å². The quantitative estimate of drug-likeness (QED) is 0.625. The summed E-state index contributed by atoms with van der Waals surface area (Å²) in [7, 11) is 3.87. The predicted molar refractivity (Wildman–Crippen MR) is 109 cm³/mol. The zero-order chi connectivity index (χ0) is 18.4. The van der Waals surface area contributed by atoms with Crippen molar-refractivity contribution in [3.63, 3.8) is 0 Å². The monoisotopic (exact) mass is 371 g/mol. The molecule has 0 spiro atoms. The molecule has 1 saturated heterocycles. The Morgan fingerprint density at radius 3 is 2.54 bits per heavy atom. The SMILES string of the molecule is CN=C(NCc1ccc(CN2CCCC2)cc1)N(C)Cc1csc(C)n1. The van der Waals surface area contributed by atoms with E-state index in [9.17, 15) is 0 Å². The van der Waals surface area contributed by atoms with E-state index >= 15 is 0 Å². The number of aryl methyl sites for hydroxylation is 1. The van der Waals surface area contributed by atoms with Gasteiger partial charge in [0, 0.05) is 32.6 Å². The third-order valence-corrected chi connectivity index (χ3v) is 5.54. The van der Waals surface area contributed by atoms with Crippen molar-refractivity contribution >= 4 is 17.3 Å². The third-order valence-electron chi connectivity index (χ3n) is 4.72. The number of hydrogen-bond donors (Lipinski definition) is 1. The second-order valence-electron chi connectivity index (χ2n) is 6.91. The molecular weight excluding hydrogens is 342 g/mol. The number of thiazole rings is 1. The number of benzene rings is 1. The Morgan fingerprint density at radius 2 is 1.92 bits per heavy atom. The molecule has 5 nitrogen and oxygen atoms in total. The summed E-state index contributed by atoms with van der Waals surface area (Å²) in [6.45, 7) is 7.13. The number of nitrogens with one attached hydrogen (secondary N) is 1. The van der Waals surface area contributed by atoms with E-state index in [2.05, 4.69) is 54.7 Å². The van der Waals surface area contributed by atoms with Gasteiger partial charge < -0.3 is 10.2 Å². The van der Waals surface area contributed by atoms with Gasteiger partial charge in [-0.3, -0.25) is 9.89 Å².